The van der Waals surface area contributed by atoms with Gasteiger partial charge in [0.2, 0.25) is 0 Å². The standard InChI is InChI=1S/C12H12F3NO3/c13-9-3-7(4-10(14)11(9)15)12(18)16-1-2-19-6-8(16)5-17/h3-4,8,17H,1-2,5-6H2. The van der Waals surface area contributed by atoms with Crippen molar-refractivity contribution in [2.24, 2.45) is 0 Å². The second-order valence-corrected chi connectivity index (χ2v) is 4.16. The van der Waals surface area contributed by atoms with Gasteiger partial charge < -0.3 is 14.7 Å². The lowest BCUT2D eigenvalue weighted by atomic mass is 10.1. The maximum absolute atomic E-state index is 13.1. The van der Waals surface area contributed by atoms with Crippen molar-refractivity contribution in [1.29, 1.82) is 0 Å². The summed E-state index contributed by atoms with van der Waals surface area (Å²) in [5.41, 5.74) is -0.295. The summed E-state index contributed by atoms with van der Waals surface area (Å²) in [6, 6.07) is 0.715. The third-order valence-electron chi connectivity index (χ3n) is 2.93. The van der Waals surface area contributed by atoms with Crippen molar-refractivity contribution in [2.45, 2.75) is 6.04 Å². The Balaban J connectivity index is 2.28. The number of ether oxygens (including phenoxy) is 1. The van der Waals surface area contributed by atoms with Crippen LogP contribution in [0.15, 0.2) is 12.1 Å². The molecule has 1 aliphatic rings. The van der Waals surface area contributed by atoms with Crippen LogP contribution in [0.25, 0.3) is 0 Å². The van der Waals surface area contributed by atoms with E-state index in [1.165, 1.54) is 4.90 Å². The van der Waals surface area contributed by atoms with Crippen LogP contribution in [0.2, 0.25) is 0 Å². The van der Waals surface area contributed by atoms with Crippen molar-refractivity contribution in [1.82, 2.24) is 4.90 Å². The minimum Gasteiger partial charge on any atom is -0.394 e. The van der Waals surface area contributed by atoms with E-state index in [0.717, 1.165) is 0 Å². The zero-order valence-electron chi connectivity index (χ0n) is 9.91. The van der Waals surface area contributed by atoms with E-state index in [1.54, 1.807) is 0 Å². The van der Waals surface area contributed by atoms with E-state index in [2.05, 4.69) is 0 Å². The number of morpholine rings is 1. The molecule has 1 heterocycles. The van der Waals surface area contributed by atoms with Crippen molar-refractivity contribution < 1.29 is 27.8 Å². The number of carbonyl (C=O) groups excluding carboxylic acids is 1. The van der Waals surface area contributed by atoms with Crippen LogP contribution in [0, 0.1) is 17.5 Å². The monoisotopic (exact) mass is 275 g/mol. The van der Waals surface area contributed by atoms with Gasteiger partial charge in [-0.25, -0.2) is 13.2 Å². The molecule has 104 valence electrons. The number of benzene rings is 1. The molecule has 0 spiro atoms. The van der Waals surface area contributed by atoms with E-state index in [4.69, 9.17) is 9.84 Å². The smallest absolute Gasteiger partial charge is 0.254 e. The van der Waals surface area contributed by atoms with Crippen LogP contribution >= 0.6 is 0 Å². The Morgan fingerprint density at radius 3 is 2.58 bits per heavy atom. The van der Waals surface area contributed by atoms with Crippen LogP contribution in [-0.2, 0) is 4.74 Å². The van der Waals surface area contributed by atoms with E-state index < -0.39 is 29.4 Å². The number of aliphatic hydroxyl groups excluding tert-OH is 1. The highest BCUT2D eigenvalue weighted by atomic mass is 19.2. The molecule has 0 aliphatic carbocycles. The fourth-order valence-electron chi connectivity index (χ4n) is 1.92. The average molecular weight is 275 g/mol. The van der Waals surface area contributed by atoms with E-state index in [9.17, 15) is 18.0 Å². The van der Waals surface area contributed by atoms with E-state index in [1.807, 2.05) is 0 Å². The first-order valence-corrected chi connectivity index (χ1v) is 5.68. The molecule has 7 heteroatoms. The molecule has 1 amide bonds. The molecule has 0 bridgehead atoms. The van der Waals surface area contributed by atoms with Crippen LogP contribution in [0.1, 0.15) is 10.4 Å². The summed E-state index contributed by atoms with van der Waals surface area (Å²) in [6.45, 7) is 0.297. The first-order chi connectivity index (χ1) is 9.04. The number of hydrogen-bond acceptors (Lipinski definition) is 3. The summed E-state index contributed by atoms with van der Waals surface area (Å²) in [6.07, 6.45) is 0. The van der Waals surface area contributed by atoms with Gasteiger partial charge in [-0.3, -0.25) is 4.79 Å². The number of halogens is 3. The lowest BCUT2D eigenvalue weighted by Gasteiger charge is -2.34. The molecule has 1 aliphatic heterocycles. The van der Waals surface area contributed by atoms with Crippen molar-refractivity contribution in [3.05, 3.63) is 35.1 Å². The molecule has 1 aromatic rings. The molecule has 1 N–H and O–H groups in total. The highest BCUT2D eigenvalue weighted by Gasteiger charge is 2.28. The first kappa shape index (κ1) is 13.8. The first-order valence-electron chi connectivity index (χ1n) is 5.68. The summed E-state index contributed by atoms with van der Waals surface area (Å²) in [5, 5.41) is 9.13. The zero-order valence-corrected chi connectivity index (χ0v) is 9.91. The molecule has 1 fully saturated rings. The second kappa shape index (κ2) is 5.58. The Morgan fingerprint density at radius 1 is 1.37 bits per heavy atom. The SMILES string of the molecule is O=C(c1cc(F)c(F)c(F)c1)N1CCOCC1CO. The lowest BCUT2D eigenvalue weighted by molar-refractivity contribution is -0.0184. The third-order valence-corrected chi connectivity index (χ3v) is 2.93. The van der Waals surface area contributed by atoms with Crippen LogP contribution in [0.4, 0.5) is 13.2 Å². The Morgan fingerprint density at radius 2 is 2.00 bits per heavy atom. The molecule has 1 saturated heterocycles. The minimum absolute atomic E-state index is 0.147. The van der Waals surface area contributed by atoms with E-state index in [-0.39, 0.29) is 31.9 Å². The molecule has 1 unspecified atom stereocenters. The predicted molar refractivity (Wildman–Crippen MR) is 59.0 cm³/mol. The van der Waals surface area contributed by atoms with Gasteiger partial charge in [-0.05, 0) is 12.1 Å². The number of carbonyl (C=O) groups is 1. The molecular formula is C12H12F3NO3. The maximum atomic E-state index is 13.1. The molecular weight excluding hydrogens is 263 g/mol. The van der Waals surface area contributed by atoms with Crippen LogP contribution in [0.5, 0.6) is 0 Å². The molecule has 19 heavy (non-hydrogen) atoms. The van der Waals surface area contributed by atoms with Gasteiger partial charge >= 0.3 is 0 Å². The topological polar surface area (TPSA) is 49.8 Å². The summed E-state index contributed by atoms with van der Waals surface area (Å²) >= 11 is 0. The molecule has 1 atom stereocenters. The van der Waals surface area contributed by atoms with Crippen LogP contribution in [-0.4, -0.2) is 48.3 Å². The minimum atomic E-state index is -1.61. The fourth-order valence-corrected chi connectivity index (χ4v) is 1.92. The highest BCUT2D eigenvalue weighted by molar-refractivity contribution is 5.94. The second-order valence-electron chi connectivity index (χ2n) is 4.16. The Bertz CT molecular complexity index is 472. The summed E-state index contributed by atoms with van der Waals surface area (Å²) < 4.78 is 44.1. The van der Waals surface area contributed by atoms with Crippen molar-refractivity contribution in [3.8, 4) is 0 Å². The van der Waals surface area contributed by atoms with Gasteiger partial charge in [0.15, 0.2) is 17.5 Å². The summed E-state index contributed by atoms with van der Waals surface area (Å²) in [4.78, 5) is 13.3. The van der Waals surface area contributed by atoms with Crippen molar-refractivity contribution >= 4 is 5.91 Å². The van der Waals surface area contributed by atoms with Gasteiger partial charge in [-0.1, -0.05) is 0 Å². The van der Waals surface area contributed by atoms with Gasteiger partial charge in [-0.15, -0.1) is 0 Å². The normalized spacial score (nSPS) is 19.6. The number of hydrogen-bond donors (Lipinski definition) is 1. The quantitative estimate of drug-likeness (QED) is 0.817. The third kappa shape index (κ3) is 2.71. The van der Waals surface area contributed by atoms with Gasteiger partial charge in [0.25, 0.3) is 5.91 Å². The van der Waals surface area contributed by atoms with Crippen LogP contribution in [0.3, 0.4) is 0 Å². The average Bonchev–Trinajstić information content (AvgIpc) is 2.43. The highest BCUT2D eigenvalue weighted by Crippen LogP contribution is 2.17. The number of rotatable bonds is 2. The van der Waals surface area contributed by atoms with E-state index in [0.29, 0.717) is 12.1 Å². The molecule has 0 radical (unpaired) electrons. The lowest BCUT2D eigenvalue weighted by Crippen LogP contribution is -2.50. The summed E-state index contributed by atoms with van der Waals surface area (Å²) in [5.74, 6) is -5.12. The molecule has 4 nitrogen and oxygen atoms in total. The Labute approximate surface area is 107 Å². The molecule has 0 aromatic heterocycles. The molecule has 2 rings (SSSR count). The number of nitrogens with zero attached hydrogens (tertiary/aromatic N) is 1. The fraction of sp³-hybridized carbons (Fsp3) is 0.417. The number of aliphatic hydroxyl groups is 1. The number of amides is 1. The predicted octanol–water partition coefficient (Wildman–Crippen LogP) is 0.937. The summed E-state index contributed by atoms with van der Waals surface area (Å²) in [7, 11) is 0. The maximum Gasteiger partial charge on any atom is 0.254 e. The van der Waals surface area contributed by atoms with Gasteiger partial charge in [-0.2, -0.15) is 0 Å². The van der Waals surface area contributed by atoms with E-state index >= 15 is 0 Å². The Kier molecular flexibility index (Phi) is 4.06. The van der Waals surface area contributed by atoms with Gasteiger partial charge in [0.1, 0.15) is 0 Å². The van der Waals surface area contributed by atoms with Crippen LogP contribution < -0.4 is 0 Å². The molecule has 0 saturated carbocycles. The van der Waals surface area contributed by atoms with Gasteiger partial charge in [0.05, 0.1) is 25.9 Å². The molecule has 1 aromatic carbocycles. The van der Waals surface area contributed by atoms with Crippen molar-refractivity contribution in [2.75, 3.05) is 26.4 Å². The van der Waals surface area contributed by atoms with Gasteiger partial charge in [0, 0.05) is 12.1 Å². The Hall–Kier alpha value is -1.60. The zero-order chi connectivity index (χ0) is 14.0. The van der Waals surface area contributed by atoms with Crippen molar-refractivity contribution in [3.63, 3.8) is 0 Å². The largest absolute Gasteiger partial charge is 0.394 e.